The molecule has 0 bridgehead atoms. The summed E-state index contributed by atoms with van der Waals surface area (Å²) >= 11 is 0. The van der Waals surface area contributed by atoms with Gasteiger partial charge in [-0.15, -0.1) is 0 Å². The second-order valence-electron chi connectivity index (χ2n) is 4.78. The highest BCUT2D eigenvalue weighted by molar-refractivity contribution is 5.48. The van der Waals surface area contributed by atoms with Gasteiger partial charge in [-0.25, -0.2) is 4.98 Å². The molecule has 0 fully saturated rings. The molecular weight excluding hydrogens is 238 g/mol. The Balaban J connectivity index is 2.52. The molecular formula is C15H27N3O. The second kappa shape index (κ2) is 8.73. The van der Waals surface area contributed by atoms with E-state index in [2.05, 4.69) is 29.1 Å². The molecule has 1 heterocycles. The van der Waals surface area contributed by atoms with Gasteiger partial charge in [0.1, 0.15) is 11.6 Å². The van der Waals surface area contributed by atoms with Crippen molar-refractivity contribution in [2.75, 3.05) is 19.0 Å². The number of aromatic nitrogens is 2. The minimum Gasteiger partial charge on any atom is -0.477 e. The van der Waals surface area contributed by atoms with Gasteiger partial charge in [0.25, 0.3) is 0 Å². The highest BCUT2D eigenvalue weighted by atomic mass is 16.5. The Bertz CT molecular complexity index is 380. The molecule has 1 aromatic rings. The van der Waals surface area contributed by atoms with E-state index in [0.717, 1.165) is 42.5 Å². The number of ether oxygens (including phenoxy) is 1. The fourth-order valence-corrected chi connectivity index (χ4v) is 1.96. The molecule has 0 amide bonds. The van der Waals surface area contributed by atoms with Crippen molar-refractivity contribution in [2.45, 2.75) is 59.3 Å². The van der Waals surface area contributed by atoms with E-state index in [-0.39, 0.29) is 0 Å². The van der Waals surface area contributed by atoms with Crippen LogP contribution < -0.4 is 10.1 Å². The van der Waals surface area contributed by atoms with Crippen LogP contribution in [-0.2, 0) is 6.42 Å². The van der Waals surface area contributed by atoms with Crippen LogP contribution in [0.3, 0.4) is 0 Å². The van der Waals surface area contributed by atoms with E-state index in [1.54, 1.807) is 0 Å². The molecule has 1 N–H and O–H groups in total. The lowest BCUT2D eigenvalue weighted by atomic mass is 10.2. The van der Waals surface area contributed by atoms with Gasteiger partial charge in [0.15, 0.2) is 0 Å². The van der Waals surface area contributed by atoms with Crippen LogP contribution in [-0.4, -0.2) is 23.6 Å². The zero-order valence-corrected chi connectivity index (χ0v) is 12.8. The Morgan fingerprint density at radius 1 is 1.05 bits per heavy atom. The number of nitrogens with one attached hydrogen (secondary N) is 1. The van der Waals surface area contributed by atoms with Gasteiger partial charge in [-0.3, -0.25) is 0 Å². The summed E-state index contributed by atoms with van der Waals surface area (Å²) in [5.41, 5.74) is 0.994. The van der Waals surface area contributed by atoms with Crippen molar-refractivity contribution in [2.24, 2.45) is 0 Å². The van der Waals surface area contributed by atoms with Gasteiger partial charge < -0.3 is 10.1 Å². The van der Waals surface area contributed by atoms with Crippen molar-refractivity contribution in [3.05, 3.63) is 11.4 Å². The second-order valence-corrected chi connectivity index (χ2v) is 4.78. The van der Waals surface area contributed by atoms with Gasteiger partial charge in [0.2, 0.25) is 5.88 Å². The number of hydrogen-bond acceptors (Lipinski definition) is 4. The lowest BCUT2D eigenvalue weighted by Gasteiger charge is -2.12. The number of unbranched alkanes of at least 4 members (excludes halogenated alkanes) is 4. The van der Waals surface area contributed by atoms with E-state index in [4.69, 9.17) is 4.74 Å². The van der Waals surface area contributed by atoms with Gasteiger partial charge in [0.05, 0.1) is 12.2 Å². The van der Waals surface area contributed by atoms with E-state index >= 15 is 0 Å². The van der Waals surface area contributed by atoms with E-state index in [1.165, 1.54) is 25.7 Å². The molecule has 4 heteroatoms. The number of nitrogens with zero attached hydrogens (tertiary/aromatic N) is 2. The topological polar surface area (TPSA) is 47.0 Å². The molecule has 0 spiro atoms. The predicted molar refractivity (Wildman–Crippen MR) is 79.9 cm³/mol. The molecule has 19 heavy (non-hydrogen) atoms. The molecule has 0 saturated carbocycles. The van der Waals surface area contributed by atoms with Crippen molar-refractivity contribution < 1.29 is 4.74 Å². The van der Waals surface area contributed by atoms with Crippen LogP contribution >= 0.6 is 0 Å². The third-order valence-corrected chi connectivity index (χ3v) is 3.19. The molecule has 108 valence electrons. The maximum Gasteiger partial charge on any atom is 0.221 e. The Hall–Kier alpha value is -1.32. The molecule has 0 aliphatic carbocycles. The summed E-state index contributed by atoms with van der Waals surface area (Å²) in [5.74, 6) is 2.43. The van der Waals surface area contributed by atoms with Gasteiger partial charge >= 0.3 is 0 Å². The van der Waals surface area contributed by atoms with Crippen LogP contribution in [0.4, 0.5) is 5.82 Å². The first-order chi connectivity index (χ1) is 9.22. The van der Waals surface area contributed by atoms with Crippen LogP contribution in [0.1, 0.15) is 57.3 Å². The standard InChI is InChI=1S/C15H27N3O/c1-5-7-8-9-10-11-19-15-12(3)14(16-4)17-13(6-2)18-15/h5-11H2,1-4H3,(H,16,17,18). The SMILES string of the molecule is CCCCCCCOc1nc(CC)nc(NC)c1C. The Kier molecular flexibility index (Phi) is 7.23. The lowest BCUT2D eigenvalue weighted by Crippen LogP contribution is -2.07. The average Bonchev–Trinajstić information content (AvgIpc) is 2.44. The molecule has 0 saturated heterocycles. The fraction of sp³-hybridized carbons (Fsp3) is 0.733. The van der Waals surface area contributed by atoms with Crippen LogP contribution in [0.5, 0.6) is 5.88 Å². The zero-order valence-electron chi connectivity index (χ0n) is 12.8. The molecule has 0 aliphatic heterocycles. The summed E-state index contributed by atoms with van der Waals surface area (Å²) in [6, 6.07) is 0. The molecule has 0 radical (unpaired) electrons. The summed E-state index contributed by atoms with van der Waals surface area (Å²) in [7, 11) is 1.88. The quantitative estimate of drug-likeness (QED) is 0.691. The third-order valence-electron chi connectivity index (χ3n) is 3.19. The summed E-state index contributed by atoms with van der Waals surface area (Å²) < 4.78 is 5.81. The van der Waals surface area contributed by atoms with E-state index in [1.807, 2.05) is 14.0 Å². The fourth-order valence-electron chi connectivity index (χ4n) is 1.96. The Morgan fingerprint density at radius 2 is 1.79 bits per heavy atom. The molecule has 0 aliphatic rings. The predicted octanol–water partition coefficient (Wildman–Crippen LogP) is 3.74. The van der Waals surface area contributed by atoms with E-state index in [9.17, 15) is 0 Å². The van der Waals surface area contributed by atoms with Crippen LogP contribution in [0, 0.1) is 6.92 Å². The van der Waals surface area contributed by atoms with Gasteiger partial charge in [-0.1, -0.05) is 39.5 Å². The van der Waals surface area contributed by atoms with Crippen molar-refractivity contribution in [1.29, 1.82) is 0 Å². The normalized spacial score (nSPS) is 10.5. The molecule has 0 atom stereocenters. The number of aryl methyl sites for hydroxylation is 1. The third kappa shape index (κ3) is 5.05. The minimum atomic E-state index is 0.728. The molecule has 4 nitrogen and oxygen atoms in total. The molecule has 0 unspecified atom stereocenters. The molecule has 1 aromatic heterocycles. The first-order valence-electron chi connectivity index (χ1n) is 7.40. The maximum atomic E-state index is 5.81. The summed E-state index contributed by atoms with van der Waals surface area (Å²) in [6.45, 7) is 7.02. The van der Waals surface area contributed by atoms with Crippen LogP contribution in [0.2, 0.25) is 0 Å². The average molecular weight is 265 g/mol. The zero-order chi connectivity index (χ0) is 14.1. The van der Waals surface area contributed by atoms with Gasteiger partial charge in [0, 0.05) is 13.5 Å². The summed E-state index contributed by atoms with van der Waals surface area (Å²) in [4.78, 5) is 8.90. The smallest absolute Gasteiger partial charge is 0.221 e. The van der Waals surface area contributed by atoms with Crippen LogP contribution in [0.15, 0.2) is 0 Å². The van der Waals surface area contributed by atoms with Crippen molar-refractivity contribution in [1.82, 2.24) is 9.97 Å². The number of rotatable bonds is 9. The Labute approximate surface area is 117 Å². The monoisotopic (exact) mass is 265 g/mol. The maximum absolute atomic E-state index is 5.81. The highest BCUT2D eigenvalue weighted by Gasteiger charge is 2.10. The van der Waals surface area contributed by atoms with Gasteiger partial charge in [-0.2, -0.15) is 4.98 Å². The highest BCUT2D eigenvalue weighted by Crippen LogP contribution is 2.22. The number of hydrogen-bond donors (Lipinski definition) is 1. The minimum absolute atomic E-state index is 0.728. The first-order valence-corrected chi connectivity index (χ1v) is 7.40. The largest absolute Gasteiger partial charge is 0.477 e. The number of anilines is 1. The Morgan fingerprint density at radius 3 is 2.42 bits per heavy atom. The summed E-state index contributed by atoms with van der Waals surface area (Å²) in [6.07, 6.45) is 7.04. The lowest BCUT2D eigenvalue weighted by molar-refractivity contribution is 0.290. The van der Waals surface area contributed by atoms with Crippen LogP contribution in [0.25, 0.3) is 0 Å². The van der Waals surface area contributed by atoms with E-state index < -0.39 is 0 Å². The first kappa shape index (κ1) is 15.7. The van der Waals surface area contributed by atoms with E-state index in [0.29, 0.717) is 0 Å². The van der Waals surface area contributed by atoms with Crippen molar-refractivity contribution in [3.8, 4) is 5.88 Å². The summed E-state index contributed by atoms with van der Waals surface area (Å²) in [5, 5.41) is 3.10. The van der Waals surface area contributed by atoms with Gasteiger partial charge in [-0.05, 0) is 13.3 Å². The van der Waals surface area contributed by atoms with Crippen molar-refractivity contribution in [3.63, 3.8) is 0 Å². The van der Waals surface area contributed by atoms with Crippen molar-refractivity contribution >= 4 is 5.82 Å². The molecule has 1 rings (SSSR count). The molecule has 0 aromatic carbocycles.